The Morgan fingerprint density at radius 1 is 1.26 bits per heavy atom. The smallest absolute Gasteiger partial charge is 0.383 e. The van der Waals surface area contributed by atoms with E-state index < -0.39 is 6.30 Å². The van der Waals surface area contributed by atoms with Crippen molar-refractivity contribution in [2.24, 2.45) is 4.99 Å². The maximum atomic E-state index is 12.9. The number of hydrogen-bond acceptors (Lipinski definition) is 4. The quantitative estimate of drug-likeness (QED) is 0.487. The molecule has 0 radical (unpaired) electrons. The predicted molar refractivity (Wildman–Crippen MR) is 96.0 cm³/mol. The van der Waals surface area contributed by atoms with Gasteiger partial charge in [0.05, 0.1) is 30.2 Å². The van der Waals surface area contributed by atoms with Crippen molar-refractivity contribution in [3.63, 3.8) is 0 Å². The van der Waals surface area contributed by atoms with E-state index in [9.17, 15) is 13.2 Å². The zero-order valence-electron chi connectivity index (χ0n) is 15.1. The van der Waals surface area contributed by atoms with Crippen molar-refractivity contribution in [1.82, 2.24) is 24.2 Å². The van der Waals surface area contributed by atoms with Gasteiger partial charge in [-0.05, 0) is 12.1 Å². The summed E-state index contributed by atoms with van der Waals surface area (Å²) in [5, 5.41) is 3.42. The fourth-order valence-electron chi connectivity index (χ4n) is 2.59. The van der Waals surface area contributed by atoms with Gasteiger partial charge in [-0.1, -0.05) is 0 Å². The van der Waals surface area contributed by atoms with E-state index in [0.717, 1.165) is 11.7 Å². The lowest BCUT2D eigenvalue weighted by Crippen LogP contribution is -2.16. The molecule has 0 amide bonds. The Morgan fingerprint density at radius 3 is 2.67 bits per heavy atom. The number of hydrogen-bond donors (Lipinski definition) is 0. The van der Waals surface area contributed by atoms with E-state index in [-0.39, 0.29) is 4.68 Å². The monoisotopic (exact) mass is 380 g/mol. The molecular weight excluding hydrogens is 361 g/mol. The summed E-state index contributed by atoms with van der Waals surface area (Å²) in [5.41, 5.74) is 2.22. The molecule has 0 aliphatic rings. The Hall–Kier alpha value is -2.88. The van der Waals surface area contributed by atoms with Crippen LogP contribution < -0.4 is 0 Å². The molecule has 0 atom stereocenters. The van der Waals surface area contributed by atoms with E-state index in [2.05, 4.69) is 15.1 Å². The normalized spacial score (nSPS) is 12.4. The SMILES string of the molecule is COCCn1cc(-c2cnn(C(F)(F)F)c2)c2nc(N=CN(C)C)ccc21. The van der Waals surface area contributed by atoms with Crippen LogP contribution in [0.5, 0.6) is 0 Å². The third-order valence-electron chi connectivity index (χ3n) is 3.82. The van der Waals surface area contributed by atoms with Crippen LogP contribution in [0.4, 0.5) is 19.0 Å². The van der Waals surface area contributed by atoms with E-state index in [0.29, 0.717) is 35.6 Å². The second-order valence-electron chi connectivity index (χ2n) is 6.12. The van der Waals surface area contributed by atoms with Crippen molar-refractivity contribution in [3.05, 3.63) is 30.7 Å². The summed E-state index contributed by atoms with van der Waals surface area (Å²) in [4.78, 5) is 10.5. The summed E-state index contributed by atoms with van der Waals surface area (Å²) >= 11 is 0. The van der Waals surface area contributed by atoms with Gasteiger partial charge >= 0.3 is 6.30 Å². The number of nitrogens with zero attached hydrogens (tertiary/aromatic N) is 6. The molecule has 27 heavy (non-hydrogen) atoms. The molecule has 144 valence electrons. The molecule has 0 aliphatic heterocycles. The lowest BCUT2D eigenvalue weighted by Gasteiger charge is -2.04. The molecular formula is C17H19F3N6O. The van der Waals surface area contributed by atoms with Crippen molar-refractivity contribution in [3.8, 4) is 11.1 Å². The first-order chi connectivity index (χ1) is 12.8. The van der Waals surface area contributed by atoms with Crippen molar-refractivity contribution in [2.45, 2.75) is 12.8 Å². The topological polar surface area (TPSA) is 60.5 Å². The van der Waals surface area contributed by atoms with Crippen LogP contribution in [-0.4, -0.2) is 58.4 Å². The molecule has 10 heteroatoms. The van der Waals surface area contributed by atoms with Gasteiger partial charge in [-0.25, -0.2) is 9.98 Å². The Kier molecular flexibility index (Phi) is 5.17. The maximum absolute atomic E-state index is 12.9. The van der Waals surface area contributed by atoms with Crippen molar-refractivity contribution in [1.29, 1.82) is 0 Å². The number of rotatable bonds is 6. The number of fused-ring (bicyclic) bond motifs is 1. The van der Waals surface area contributed by atoms with Gasteiger partial charge in [0.25, 0.3) is 0 Å². The molecule has 0 spiro atoms. The molecule has 3 heterocycles. The van der Waals surface area contributed by atoms with Gasteiger partial charge in [-0.2, -0.15) is 9.78 Å². The van der Waals surface area contributed by atoms with Crippen molar-refractivity contribution >= 4 is 23.2 Å². The molecule has 0 aromatic carbocycles. The van der Waals surface area contributed by atoms with Gasteiger partial charge in [0.15, 0.2) is 5.82 Å². The minimum Gasteiger partial charge on any atom is -0.383 e. The Labute approximate surface area is 153 Å². The summed E-state index contributed by atoms with van der Waals surface area (Å²) in [6.07, 6.45) is 0.930. The first-order valence-electron chi connectivity index (χ1n) is 8.11. The van der Waals surface area contributed by atoms with Gasteiger partial charge in [-0.15, -0.1) is 13.2 Å². The average Bonchev–Trinajstić information content (AvgIpc) is 3.22. The fraction of sp³-hybridized carbons (Fsp3) is 0.353. The highest BCUT2D eigenvalue weighted by molar-refractivity contribution is 5.93. The Balaban J connectivity index is 2.11. The molecule has 0 unspecified atom stereocenters. The van der Waals surface area contributed by atoms with Gasteiger partial charge in [0.1, 0.15) is 0 Å². The van der Waals surface area contributed by atoms with E-state index >= 15 is 0 Å². The highest BCUT2D eigenvalue weighted by atomic mass is 19.4. The molecule has 0 bridgehead atoms. The van der Waals surface area contributed by atoms with Crippen LogP contribution in [0.2, 0.25) is 0 Å². The van der Waals surface area contributed by atoms with Crippen LogP contribution >= 0.6 is 0 Å². The predicted octanol–water partition coefficient (Wildman–Crippen LogP) is 3.24. The molecule has 0 saturated carbocycles. The van der Waals surface area contributed by atoms with Crippen LogP contribution in [0.25, 0.3) is 22.2 Å². The third kappa shape index (κ3) is 4.11. The summed E-state index contributed by atoms with van der Waals surface area (Å²) < 4.78 is 45.6. The number of pyridine rings is 1. The summed E-state index contributed by atoms with van der Waals surface area (Å²) in [6, 6.07) is 3.60. The lowest BCUT2D eigenvalue weighted by molar-refractivity contribution is -0.212. The first kappa shape index (κ1) is 18.9. The minimum absolute atomic E-state index is 0.0191. The fourth-order valence-corrected chi connectivity index (χ4v) is 2.59. The first-order valence-corrected chi connectivity index (χ1v) is 8.11. The lowest BCUT2D eigenvalue weighted by atomic mass is 10.1. The largest absolute Gasteiger partial charge is 0.504 e. The zero-order valence-corrected chi connectivity index (χ0v) is 15.1. The van der Waals surface area contributed by atoms with Crippen LogP contribution in [-0.2, 0) is 17.6 Å². The highest BCUT2D eigenvalue weighted by Crippen LogP contribution is 2.32. The molecule has 0 N–H and O–H groups in total. The summed E-state index contributed by atoms with van der Waals surface area (Å²) in [6.45, 7) is 1.01. The number of aliphatic imine (C=N–C) groups is 1. The van der Waals surface area contributed by atoms with Gasteiger partial charge in [-0.3, -0.25) is 0 Å². The molecule has 0 saturated heterocycles. The van der Waals surface area contributed by atoms with Crippen molar-refractivity contribution in [2.75, 3.05) is 27.8 Å². The molecule has 0 fully saturated rings. The van der Waals surface area contributed by atoms with Gasteiger partial charge in [0, 0.05) is 51.3 Å². The second-order valence-corrected chi connectivity index (χ2v) is 6.12. The Morgan fingerprint density at radius 2 is 2.04 bits per heavy atom. The van der Waals surface area contributed by atoms with Crippen LogP contribution in [0.15, 0.2) is 35.7 Å². The van der Waals surface area contributed by atoms with Gasteiger partial charge in [0.2, 0.25) is 0 Å². The van der Waals surface area contributed by atoms with E-state index in [1.165, 1.54) is 6.20 Å². The van der Waals surface area contributed by atoms with Crippen molar-refractivity contribution < 1.29 is 17.9 Å². The van der Waals surface area contributed by atoms with E-state index in [1.54, 1.807) is 30.6 Å². The molecule has 3 aromatic heterocycles. The van der Waals surface area contributed by atoms with E-state index in [4.69, 9.17) is 4.74 Å². The number of methoxy groups -OCH3 is 1. The third-order valence-corrected chi connectivity index (χ3v) is 3.82. The number of aromatic nitrogens is 4. The maximum Gasteiger partial charge on any atom is 0.504 e. The standard InChI is InChI=1S/C17H19F3N6O/c1-24(2)11-21-15-5-4-14-16(23-15)13(10-25(14)6-7-27-3)12-8-22-26(9-12)17(18,19)20/h4-5,8-11H,6-7H2,1-3H3. The van der Waals surface area contributed by atoms with Crippen LogP contribution in [0, 0.1) is 0 Å². The zero-order chi connectivity index (χ0) is 19.6. The van der Waals surface area contributed by atoms with Crippen LogP contribution in [0.3, 0.4) is 0 Å². The van der Waals surface area contributed by atoms with Gasteiger partial charge < -0.3 is 14.2 Å². The van der Waals surface area contributed by atoms with Crippen LogP contribution in [0.1, 0.15) is 0 Å². The number of ether oxygens (including phenoxy) is 1. The molecule has 3 aromatic rings. The molecule has 3 rings (SSSR count). The summed E-state index contributed by atoms with van der Waals surface area (Å²) in [5.74, 6) is 0.463. The van der Waals surface area contributed by atoms with E-state index in [1.807, 2.05) is 24.7 Å². The Bertz CT molecular complexity index is 957. The molecule has 7 nitrogen and oxygen atoms in total. The number of alkyl halides is 3. The molecule has 0 aliphatic carbocycles. The highest BCUT2D eigenvalue weighted by Gasteiger charge is 2.32. The number of halogens is 3. The summed E-state index contributed by atoms with van der Waals surface area (Å²) in [7, 11) is 5.26. The minimum atomic E-state index is -4.57. The average molecular weight is 380 g/mol. The second kappa shape index (κ2) is 7.39.